The van der Waals surface area contributed by atoms with Gasteiger partial charge in [-0.1, -0.05) is 41.5 Å². The smallest absolute Gasteiger partial charge is 0.264 e. The van der Waals surface area contributed by atoms with E-state index in [4.69, 9.17) is 9.78 Å². The van der Waals surface area contributed by atoms with Gasteiger partial charge >= 0.3 is 0 Å². The van der Waals surface area contributed by atoms with Gasteiger partial charge in [0, 0.05) is 5.41 Å². The molecule has 0 aromatic carbocycles. The van der Waals surface area contributed by atoms with E-state index in [-0.39, 0.29) is 10.8 Å². The lowest BCUT2D eigenvalue weighted by atomic mass is 9.78. The molecule has 3 nitrogen and oxygen atoms in total. The Morgan fingerprint density at radius 3 is 1.71 bits per heavy atom. The third-order valence-electron chi connectivity index (χ3n) is 2.55. The molecule has 1 aliphatic heterocycles. The molecule has 0 saturated carbocycles. The van der Waals surface area contributed by atoms with Crippen LogP contribution >= 0.6 is 0 Å². The predicted octanol–water partition coefficient (Wildman–Crippen LogP) is 2.49. The highest BCUT2D eigenvalue weighted by molar-refractivity contribution is 4.95. The lowest BCUT2D eigenvalue weighted by Crippen LogP contribution is -2.43. The molecule has 0 bridgehead atoms. The van der Waals surface area contributed by atoms with E-state index in [9.17, 15) is 5.11 Å². The summed E-state index contributed by atoms with van der Waals surface area (Å²) < 4.78 is 0. The molecular formula is C11H22O3. The molecule has 3 heteroatoms. The molecule has 0 aliphatic carbocycles. The van der Waals surface area contributed by atoms with Crippen molar-refractivity contribution in [2.75, 3.05) is 0 Å². The Kier molecular flexibility index (Phi) is 2.72. The zero-order valence-electron chi connectivity index (χ0n) is 10.0. The van der Waals surface area contributed by atoms with E-state index in [0.29, 0.717) is 6.42 Å². The van der Waals surface area contributed by atoms with E-state index in [0.717, 1.165) is 0 Å². The highest BCUT2D eigenvalue weighted by Crippen LogP contribution is 2.50. The van der Waals surface area contributed by atoms with Crippen LogP contribution in [0.25, 0.3) is 0 Å². The molecule has 1 unspecified atom stereocenters. The summed E-state index contributed by atoms with van der Waals surface area (Å²) in [6.07, 6.45) is 0.104. The molecule has 1 N–H and O–H groups in total. The Balaban J connectivity index is 2.66. The van der Waals surface area contributed by atoms with Gasteiger partial charge in [-0.05, 0) is 11.8 Å². The van der Waals surface area contributed by atoms with E-state index in [1.807, 2.05) is 20.8 Å². The van der Waals surface area contributed by atoms with E-state index in [2.05, 4.69) is 20.8 Å². The van der Waals surface area contributed by atoms with Gasteiger partial charge in [-0.3, -0.25) is 0 Å². The first-order chi connectivity index (χ1) is 6.08. The fraction of sp³-hybridized carbons (Fsp3) is 1.00. The molecule has 84 valence electrons. The maximum Gasteiger partial charge on any atom is 0.264 e. The second kappa shape index (κ2) is 3.19. The predicted molar refractivity (Wildman–Crippen MR) is 54.4 cm³/mol. The second-order valence-electron chi connectivity index (χ2n) is 6.36. The molecule has 1 atom stereocenters. The van der Waals surface area contributed by atoms with Crippen LogP contribution in [0.5, 0.6) is 0 Å². The normalized spacial score (nSPS) is 23.4. The largest absolute Gasteiger partial charge is 0.387 e. The van der Waals surface area contributed by atoms with Crippen LogP contribution in [0.3, 0.4) is 0 Å². The summed E-state index contributed by atoms with van der Waals surface area (Å²) in [4.78, 5) is 10.0. The summed E-state index contributed by atoms with van der Waals surface area (Å²) in [5.41, 5.74) is -0.120. The molecule has 0 radical (unpaired) electrons. The first-order valence-electron chi connectivity index (χ1n) is 5.13. The standard InChI is InChI=1S/C11H22O3/c1-9(2,3)7-8(12)11(13-14-11)10(4,5)6/h8,12H,7H2,1-6H3. The third kappa shape index (κ3) is 2.27. The molecular weight excluding hydrogens is 180 g/mol. The van der Waals surface area contributed by atoms with Gasteiger partial charge in [0.15, 0.2) is 0 Å². The Morgan fingerprint density at radius 1 is 1.07 bits per heavy atom. The third-order valence-corrected chi connectivity index (χ3v) is 2.55. The number of rotatable bonds is 2. The lowest BCUT2D eigenvalue weighted by molar-refractivity contribution is -0.0191. The van der Waals surface area contributed by atoms with Crippen LogP contribution in [0.2, 0.25) is 0 Å². The van der Waals surface area contributed by atoms with Gasteiger partial charge in [0.25, 0.3) is 5.79 Å². The summed E-state index contributed by atoms with van der Waals surface area (Å²) in [7, 11) is 0. The molecule has 1 rings (SSSR count). The second-order valence-corrected chi connectivity index (χ2v) is 6.36. The van der Waals surface area contributed by atoms with Crippen molar-refractivity contribution in [1.29, 1.82) is 0 Å². The lowest BCUT2D eigenvalue weighted by Gasteiger charge is -2.30. The summed E-state index contributed by atoms with van der Waals surface area (Å²) in [5, 5.41) is 10.1. The van der Waals surface area contributed by atoms with Crippen LogP contribution in [0.4, 0.5) is 0 Å². The van der Waals surface area contributed by atoms with Crippen molar-refractivity contribution in [2.45, 2.75) is 59.9 Å². The molecule has 1 heterocycles. The number of aliphatic hydroxyl groups is 1. The van der Waals surface area contributed by atoms with Crippen LogP contribution in [-0.4, -0.2) is 17.0 Å². The Morgan fingerprint density at radius 2 is 1.50 bits per heavy atom. The van der Waals surface area contributed by atoms with Crippen molar-refractivity contribution in [1.82, 2.24) is 0 Å². The van der Waals surface area contributed by atoms with E-state index < -0.39 is 11.9 Å². The monoisotopic (exact) mass is 202 g/mol. The molecule has 0 aromatic rings. The molecule has 1 aliphatic rings. The molecule has 1 saturated heterocycles. The summed E-state index contributed by atoms with van der Waals surface area (Å²) in [5.74, 6) is -0.791. The number of aliphatic hydroxyl groups excluding tert-OH is 1. The van der Waals surface area contributed by atoms with Crippen LogP contribution in [-0.2, 0) is 9.78 Å². The maximum atomic E-state index is 10.1. The maximum absolute atomic E-state index is 10.1. The van der Waals surface area contributed by atoms with E-state index in [1.54, 1.807) is 0 Å². The molecule has 0 aromatic heterocycles. The quantitative estimate of drug-likeness (QED) is 0.552. The SMILES string of the molecule is CC(C)(C)CC(O)C1(C(C)(C)C)OO1. The van der Waals surface area contributed by atoms with Crippen molar-refractivity contribution in [3.8, 4) is 0 Å². The van der Waals surface area contributed by atoms with Gasteiger partial charge in [0.2, 0.25) is 0 Å². The molecule has 14 heavy (non-hydrogen) atoms. The average Bonchev–Trinajstić information content (AvgIpc) is 2.56. The van der Waals surface area contributed by atoms with Crippen molar-refractivity contribution in [3.05, 3.63) is 0 Å². The van der Waals surface area contributed by atoms with Crippen LogP contribution < -0.4 is 0 Å². The fourth-order valence-electron chi connectivity index (χ4n) is 1.62. The Bertz CT molecular complexity index is 206. The van der Waals surface area contributed by atoms with Gasteiger partial charge in [-0.15, -0.1) is 0 Å². The minimum Gasteiger partial charge on any atom is -0.387 e. The summed E-state index contributed by atoms with van der Waals surface area (Å²) >= 11 is 0. The van der Waals surface area contributed by atoms with Gasteiger partial charge in [0.05, 0.1) is 0 Å². The zero-order valence-corrected chi connectivity index (χ0v) is 10.0. The topological polar surface area (TPSA) is 45.3 Å². The first kappa shape index (κ1) is 12.0. The van der Waals surface area contributed by atoms with Gasteiger partial charge < -0.3 is 5.11 Å². The Labute approximate surface area is 86.3 Å². The zero-order chi connectivity index (χ0) is 11.2. The van der Waals surface area contributed by atoms with Crippen molar-refractivity contribution in [2.24, 2.45) is 10.8 Å². The first-order valence-corrected chi connectivity index (χ1v) is 5.13. The van der Waals surface area contributed by atoms with E-state index >= 15 is 0 Å². The summed E-state index contributed by atoms with van der Waals surface area (Å²) in [6, 6.07) is 0. The van der Waals surface area contributed by atoms with E-state index in [1.165, 1.54) is 0 Å². The molecule has 0 spiro atoms. The van der Waals surface area contributed by atoms with Crippen molar-refractivity contribution < 1.29 is 14.9 Å². The minimum atomic E-state index is -0.791. The number of hydrogen-bond acceptors (Lipinski definition) is 3. The van der Waals surface area contributed by atoms with Crippen molar-refractivity contribution >= 4 is 0 Å². The van der Waals surface area contributed by atoms with Gasteiger partial charge in [-0.2, -0.15) is 9.78 Å². The fourth-order valence-corrected chi connectivity index (χ4v) is 1.62. The van der Waals surface area contributed by atoms with Crippen LogP contribution in [0.1, 0.15) is 48.0 Å². The highest BCUT2D eigenvalue weighted by Gasteiger charge is 2.63. The summed E-state index contributed by atoms with van der Waals surface area (Å²) in [6.45, 7) is 12.3. The average molecular weight is 202 g/mol. The van der Waals surface area contributed by atoms with Crippen LogP contribution in [0, 0.1) is 10.8 Å². The van der Waals surface area contributed by atoms with Crippen molar-refractivity contribution in [3.63, 3.8) is 0 Å². The molecule has 1 fully saturated rings. The van der Waals surface area contributed by atoms with Crippen LogP contribution in [0.15, 0.2) is 0 Å². The minimum absolute atomic E-state index is 0.0764. The molecule has 0 amide bonds. The Hall–Kier alpha value is -0.120. The van der Waals surface area contributed by atoms with Gasteiger partial charge in [-0.25, -0.2) is 0 Å². The highest BCUT2D eigenvalue weighted by atomic mass is 17.4. The number of hydrogen-bond donors (Lipinski definition) is 1. The van der Waals surface area contributed by atoms with Gasteiger partial charge in [0.1, 0.15) is 6.10 Å².